The lowest BCUT2D eigenvalue weighted by Gasteiger charge is -2.20. The second-order valence-electron chi connectivity index (χ2n) is 9.27. The molecule has 0 N–H and O–H groups in total. The fourth-order valence-corrected chi connectivity index (χ4v) is 4.89. The number of hydrogen-bond donors (Lipinski definition) is 0. The minimum Gasteiger partial charge on any atom is -0.493 e. The number of aryl methyl sites for hydroxylation is 4. The van der Waals surface area contributed by atoms with Crippen molar-refractivity contribution in [3.05, 3.63) is 89.2 Å². The molecule has 0 bridgehead atoms. The molecule has 1 aliphatic rings. The molecule has 174 valence electrons. The summed E-state index contributed by atoms with van der Waals surface area (Å²) >= 11 is 0. The lowest BCUT2D eigenvalue weighted by molar-refractivity contribution is -0.117. The average Bonchev–Trinajstić information content (AvgIpc) is 3.40. The number of fused-ring (bicyclic) bond motifs is 1. The first kappa shape index (κ1) is 22.2. The first-order chi connectivity index (χ1) is 16.5. The Kier molecular flexibility index (Phi) is 6.10. The van der Waals surface area contributed by atoms with Crippen molar-refractivity contribution in [3.63, 3.8) is 0 Å². The Morgan fingerprint density at radius 1 is 0.971 bits per heavy atom. The zero-order chi connectivity index (χ0) is 23.7. The minimum absolute atomic E-state index is 0.0668. The molecule has 5 rings (SSSR count). The Morgan fingerprint density at radius 3 is 2.62 bits per heavy atom. The third-order valence-corrected chi connectivity index (χ3v) is 6.71. The number of para-hydroxylation sites is 3. The quantitative estimate of drug-likeness (QED) is 0.325. The van der Waals surface area contributed by atoms with Crippen LogP contribution >= 0.6 is 0 Å². The molecule has 0 aliphatic carbocycles. The summed E-state index contributed by atoms with van der Waals surface area (Å²) in [5.74, 6) is 2.17. The van der Waals surface area contributed by atoms with Crippen molar-refractivity contribution in [2.45, 2.75) is 46.1 Å². The van der Waals surface area contributed by atoms with Crippen molar-refractivity contribution in [2.24, 2.45) is 0 Å². The van der Waals surface area contributed by atoms with E-state index in [1.165, 1.54) is 0 Å². The fourth-order valence-electron chi connectivity index (χ4n) is 4.89. The van der Waals surface area contributed by atoms with Crippen LogP contribution in [0.5, 0.6) is 5.75 Å². The van der Waals surface area contributed by atoms with Crippen molar-refractivity contribution < 1.29 is 9.53 Å². The van der Waals surface area contributed by atoms with Gasteiger partial charge in [-0.2, -0.15) is 0 Å². The number of carbonyl (C=O) groups excluding carboxylic acids is 1. The largest absolute Gasteiger partial charge is 0.493 e. The number of imidazole rings is 1. The van der Waals surface area contributed by atoms with Gasteiger partial charge < -0.3 is 14.2 Å². The maximum absolute atomic E-state index is 13.1. The van der Waals surface area contributed by atoms with Gasteiger partial charge in [-0.1, -0.05) is 42.5 Å². The van der Waals surface area contributed by atoms with E-state index < -0.39 is 0 Å². The summed E-state index contributed by atoms with van der Waals surface area (Å²) in [7, 11) is 0. The third kappa shape index (κ3) is 4.30. The van der Waals surface area contributed by atoms with Crippen LogP contribution < -0.4 is 9.64 Å². The topological polar surface area (TPSA) is 47.4 Å². The van der Waals surface area contributed by atoms with Gasteiger partial charge in [0.05, 0.1) is 17.6 Å². The van der Waals surface area contributed by atoms with E-state index in [0.29, 0.717) is 19.6 Å². The van der Waals surface area contributed by atoms with Gasteiger partial charge in [0.1, 0.15) is 11.6 Å². The second kappa shape index (κ2) is 9.34. The van der Waals surface area contributed by atoms with E-state index in [-0.39, 0.29) is 11.8 Å². The van der Waals surface area contributed by atoms with E-state index in [1.807, 2.05) is 29.2 Å². The Bertz CT molecular complexity index is 1340. The van der Waals surface area contributed by atoms with Crippen molar-refractivity contribution in [2.75, 3.05) is 18.1 Å². The molecular formula is C29H31N3O2. The van der Waals surface area contributed by atoms with Gasteiger partial charge in [-0.15, -0.1) is 0 Å². The van der Waals surface area contributed by atoms with Crippen molar-refractivity contribution >= 4 is 22.6 Å². The molecule has 1 fully saturated rings. The molecule has 5 heteroatoms. The van der Waals surface area contributed by atoms with E-state index in [1.54, 1.807) is 0 Å². The Labute approximate surface area is 201 Å². The average molecular weight is 454 g/mol. The second-order valence-corrected chi connectivity index (χ2v) is 9.27. The highest BCUT2D eigenvalue weighted by Crippen LogP contribution is 2.35. The fraction of sp³-hybridized carbons (Fsp3) is 0.310. The molecule has 4 aromatic rings. The van der Waals surface area contributed by atoms with E-state index in [4.69, 9.17) is 9.72 Å². The first-order valence-electron chi connectivity index (χ1n) is 12.0. The summed E-state index contributed by atoms with van der Waals surface area (Å²) in [6, 6.07) is 22.6. The summed E-state index contributed by atoms with van der Waals surface area (Å²) in [5, 5.41) is 0. The normalized spacial score (nSPS) is 15.9. The predicted molar refractivity (Wildman–Crippen MR) is 137 cm³/mol. The van der Waals surface area contributed by atoms with E-state index in [0.717, 1.165) is 58.0 Å². The van der Waals surface area contributed by atoms with Gasteiger partial charge in [0.2, 0.25) is 5.91 Å². The van der Waals surface area contributed by atoms with Gasteiger partial charge >= 0.3 is 0 Å². The standard InChI is InChI=1S/C29H31N3O2/c1-20-13-14-21(2)26(17-20)32-19-23(18-28(32)33)29-30-24-10-5-6-11-25(24)31(29)15-8-16-34-27-12-7-4-9-22(27)3/h4-7,9-14,17,23H,8,15-16,18-19H2,1-3H3. The number of benzene rings is 3. The number of ether oxygens (including phenoxy) is 1. The van der Waals surface area contributed by atoms with Crippen LogP contribution in [0.15, 0.2) is 66.7 Å². The maximum atomic E-state index is 13.1. The zero-order valence-corrected chi connectivity index (χ0v) is 20.1. The Hall–Kier alpha value is -3.60. The minimum atomic E-state index is 0.0668. The summed E-state index contributed by atoms with van der Waals surface area (Å²) < 4.78 is 8.33. The molecule has 5 nitrogen and oxygen atoms in total. The summed E-state index contributed by atoms with van der Waals surface area (Å²) in [6.45, 7) is 8.30. The smallest absolute Gasteiger partial charge is 0.227 e. The number of aromatic nitrogens is 2. The van der Waals surface area contributed by atoms with Gasteiger partial charge in [0, 0.05) is 31.1 Å². The third-order valence-electron chi connectivity index (χ3n) is 6.71. The Balaban J connectivity index is 1.37. The van der Waals surface area contributed by atoms with Crippen LogP contribution in [0, 0.1) is 20.8 Å². The molecule has 3 aromatic carbocycles. The highest BCUT2D eigenvalue weighted by atomic mass is 16.5. The Morgan fingerprint density at radius 2 is 1.76 bits per heavy atom. The van der Waals surface area contributed by atoms with Gasteiger partial charge in [-0.05, 0) is 68.1 Å². The predicted octanol–water partition coefficient (Wildman–Crippen LogP) is 5.95. The number of amides is 1. The summed E-state index contributed by atoms with van der Waals surface area (Å²) in [4.78, 5) is 20.0. The highest BCUT2D eigenvalue weighted by Gasteiger charge is 2.35. The molecule has 1 aromatic heterocycles. The molecule has 1 saturated heterocycles. The molecule has 1 atom stereocenters. The number of nitrogens with zero attached hydrogens (tertiary/aromatic N) is 3. The summed E-state index contributed by atoms with van der Waals surface area (Å²) in [6.07, 6.45) is 1.35. The monoisotopic (exact) mass is 453 g/mol. The van der Waals surface area contributed by atoms with E-state index >= 15 is 0 Å². The lowest BCUT2D eigenvalue weighted by atomic mass is 10.1. The van der Waals surface area contributed by atoms with Crippen LogP contribution in [0.3, 0.4) is 0 Å². The van der Waals surface area contributed by atoms with Crippen molar-refractivity contribution in [1.82, 2.24) is 9.55 Å². The molecule has 0 saturated carbocycles. The van der Waals surface area contributed by atoms with Crippen LogP contribution in [0.25, 0.3) is 11.0 Å². The summed E-state index contributed by atoms with van der Waals surface area (Å²) in [5.41, 5.74) is 6.55. The lowest BCUT2D eigenvalue weighted by Crippen LogP contribution is -2.25. The van der Waals surface area contributed by atoms with Crippen molar-refractivity contribution in [3.8, 4) is 5.75 Å². The molecule has 2 heterocycles. The van der Waals surface area contributed by atoms with Gasteiger partial charge in [0.15, 0.2) is 0 Å². The van der Waals surface area contributed by atoms with Gasteiger partial charge in [-0.25, -0.2) is 4.98 Å². The zero-order valence-electron chi connectivity index (χ0n) is 20.1. The van der Waals surface area contributed by atoms with Crippen LogP contribution in [0.1, 0.15) is 41.3 Å². The van der Waals surface area contributed by atoms with Crippen LogP contribution in [-0.4, -0.2) is 28.6 Å². The maximum Gasteiger partial charge on any atom is 0.227 e. The molecule has 34 heavy (non-hydrogen) atoms. The van der Waals surface area contributed by atoms with Crippen LogP contribution in [0.2, 0.25) is 0 Å². The van der Waals surface area contributed by atoms with E-state index in [9.17, 15) is 4.79 Å². The highest BCUT2D eigenvalue weighted by molar-refractivity contribution is 5.97. The number of rotatable bonds is 7. The van der Waals surface area contributed by atoms with Crippen LogP contribution in [0.4, 0.5) is 5.69 Å². The molecule has 0 radical (unpaired) electrons. The molecule has 0 spiro atoms. The number of hydrogen-bond acceptors (Lipinski definition) is 3. The van der Waals surface area contributed by atoms with Gasteiger partial charge in [0.25, 0.3) is 0 Å². The number of carbonyl (C=O) groups is 1. The van der Waals surface area contributed by atoms with Crippen molar-refractivity contribution in [1.29, 1.82) is 0 Å². The number of anilines is 1. The molecule has 1 aliphatic heterocycles. The molecular weight excluding hydrogens is 422 g/mol. The SMILES string of the molecule is Cc1ccc(C)c(N2CC(c3nc4ccccc4n3CCCOc3ccccc3C)CC2=O)c1. The first-order valence-corrected chi connectivity index (χ1v) is 12.0. The van der Waals surface area contributed by atoms with Gasteiger partial charge in [-0.3, -0.25) is 4.79 Å². The molecule has 1 amide bonds. The van der Waals surface area contributed by atoms with E-state index in [2.05, 4.69) is 67.8 Å². The van der Waals surface area contributed by atoms with Crippen LogP contribution in [-0.2, 0) is 11.3 Å². The molecule has 1 unspecified atom stereocenters.